The maximum Gasteiger partial charge on any atom is 0.225 e. The molecule has 6 heteroatoms. The second-order valence-corrected chi connectivity index (χ2v) is 5.34. The molecule has 0 unspecified atom stereocenters. The average molecular weight is 291 g/mol. The van der Waals surface area contributed by atoms with Gasteiger partial charge in [0.25, 0.3) is 0 Å². The van der Waals surface area contributed by atoms with Crippen molar-refractivity contribution in [2.24, 2.45) is 5.41 Å². The zero-order valence-electron chi connectivity index (χ0n) is 13.2. The topological polar surface area (TPSA) is 66.0 Å². The molecule has 0 saturated heterocycles. The minimum Gasteiger partial charge on any atom is -0.382 e. The number of amides is 1. The second kappa shape index (κ2) is 12.1. The highest BCUT2D eigenvalue weighted by atomic mass is 16.6. The molecule has 20 heavy (non-hydrogen) atoms. The van der Waals surface area contributed by atoms with Gasteiger partial charge in [0, 0.05) is 19.1 Å². The summed E-state index contributed by atoms with van der Waals surface area (Å²) in [6, 6.07) is 0. The molecule has 0 atom stereocenters. The van der Waals surface area contributed by atoms with Crippen LogP contribution in [0.15, 0.2) is 0 Å². The van der Waals surface area contributed by atoms with Gasteiger partial charge in [-0.3, -0.25) is 4.79 Å². The Morgan fingerprint density at radius 1 is 0.850 bits per heavy atom. The maximum atomic E-state index is 11.5. The fourth-order valence-corrected chi connectivity index (χ4v) is 1.19. The summed E-state index contributed by atoms with van der Waals surface area (Å²) in [6.45, 7) is 10.0. The van der Waals surface area contributed by atoms with Crippen LogP contribution in [0.4, 0.5) is 0 Å². The lowest BCUT2D eigenvalue weighted by molar-refractivity contribution is -0.128. The molecular weight excluding hydrogens is 262 g/mol. The number of hydrogen-bond acceptors (Lipinski definition) is 5. The average Bonchev–Trinajstić information content (AvgIpc) is 2.38. The predicted molar refractivity (Wildman–Crippen MR) is 76.8 cm³/mol. The lowest BCUT2D eigenvalue weighted by Crippen LogP contribution is -2.36. The van der Waals surface area contributed by atoms with Crippen molar-refractivity contribution < 1.29 is 23.7 Å². The lowest BCUT2D eigenvalue weighted by Gasteiger charge is -2.17. The highest BCUT2D eigenvalue weighted by Crippen LogP contribution is 2.11. The number of ether oxygens (including phenoxy) is 4. The smallest absolute Gasteiger partial charge is 0.225 e. The molecule has 6 nitrogen and oxygen atoms in total. The molecule has 0 saturated carbocycles. The lowest BCUT2D eigenvalue weighted by atomic mass is 9.96. The summed E-state index contributed by atoms with van der Waals surface area (Å²) in [6.07, 6.45) is 0. The monoisotopic (exact) mass is 291 g/mol. The largest absolute Gasteiger partial charge is 0.382 e. The highest BCUT2D eigenvalue weighted by Gasteiger charge is 2.20. The van der Waals surface area contributed by atoms with Crippen LogP contribution in [0.25, 0.3) is 0 Å². The van der Waals surface area contributed by atoms with Gasteiger partial charge in [0.1, 0.15) is 0 Å². The van der Waals surface area contributed by atoms with Crippen molar-refractivity contribution in [2.75, 3.05) is 59.9 Å². The maximum absolute atomic E-state index is 11.5. The van der Waals surface area contributed by atoms with Gasteiger partial charge in [-0.25, -0.2) is 0 Å². The second-order valence-electron chi connectivity index (χ2n) is 5.34. The van der Waals surface area contributed by atoms with Crippen molar-refractivity contribution >= 4 is 5.91 Å². The van der Waals surface area contributed by atoms with Gasteiger partial charge in [-0.05, 0) is 0 Å². The van der Waals surface area contributed by atoms with Gasteiger partial charge in [0.05, 0.1) is 46.2 Å². The summed E-state index contributed by atoms with van der Waals surface area (Å²) >= 11 is 0. The molecule has 0 spiro atoms. The molecule has 0 bridgehead atoms. The Balaban J connectivity index is 3.16. The van der Waals surface area contributed by atoms with Crippen molar-refractivity contribution in [1.82, 2.24) is 5.32 Å². The van der Waals surface area contributed by atoms with Crippen LogP contribution >= 0.6 is 0 Å². The third kappa shape index (κ3) is 12.3. The molecule has 0 heterocycles. The molecule has 0 aromatic carbocycles. The van der Waals surface area contributed by atoms with E-state index >= 15 is 0 Å². The van der Waals surface area contributed by atoms with E-state index in [-0.39, 0.29) is 11.3 Å². The first-order valence-electron chi connectivity index (χ1n) is 6.99. The molecule has 0 aliphatic heterocycles. The zero-order chi connectivity index (χ0) is 15.3. The Labute approximate surface area is 122 Å². The van der Waals surface area contributed by atoms with Gasteiger partial charge >= 0.3 is 0 Å². The van der Waals surface area contributed by atoms with Crippen LogP contribution in [-0.2, 0) is 23.7 Å². The van der Waals surface area contributed by atoms with Crippen LogP contribution in [0.5, 0.6) is 0 Å². The Morgan fingerprint density at radius 3 is 1.75 bits per heavy atom. The van der Waals surface area contributed by atoms with Gasteiger partial charge in [-0.1, -0.05) is 20.8 Å². The first-order valence-corrected chi connectivity index (χ1v) is 6.99. The van der Waals surface area contributed by atoms with Crippen molar-refractivity contribution in [2.45, 2.75) is 20.8 Å². The van der Waals surface area contributed by atoms with Gasteiger partial charge in [0.2, 0.25) is 5.91 Å². The van der Waals surface area contributed by atoms with Crippen LogP contribution in [0.2, 0.25) is 0 Å². The fraction of sp³-hybridized carbons (Fsp3) is 0.929. The van der Waals surface area contributed by atoms with Crippen LogP contribution in [0.3, 0.4) is 0 Å². The molecule has 0 rings (SSSR count). The molecule has 120 valence electrons. The third-order valence-electron chi connectivity index (χ3n) is 2.39. The number of hydrogen-bond donors (Lipinski definition) is 1. The summed E-state index contributed by atoms with van der Waals surface area (Å²) in [7, 11) is 1.64. The van der Waals surface area contributed by atoms with Gasteiger partial charge in [0.15, 0.2) is 0 Å². The van der Waals surface area contributed by atoms with E-state index < -0.39 is 0 Å². The summed E-state index contributed by atoms with van der Waals surface area (Å²) in [5, 5.41) is 2.82. The molecule has 0 aromatic rings. The Morgan fingerprint density at radius 2 is 1.30 bits per heavy atom. The van der Waals surface area contributed by atoms with E-state index in [4.69, 9.17) is 18.9 Å². The van der Waals surface area contributed by atoms with E-state index in [1.807, 2.05) is 20.8 Å². The Hall–Kier alpha value is -0.690. The standard InChI is InChI=1S/C14H29NO5/c1-14(2,3)13(16)15-5-6-18-9-10-20-12-11-19-8-7-17-4/h5-12H2,1-4H3,(H,15,16). The van der Waals surface area contributed by atoms with Crippen molar-refractivity contribution in [3.63, 3.8) is 0 Å². The first kappa shape index (κ1) is 19.3. The van der Waals surface area contributed by atoms with E-state index in [1.54, 1.807) is 7.11 Å². The Bertz CT molecular complexity index is 240. The first-order chi connectivity index (χ1) is 9.48. The summed E-state index contributed by atoms with van der Waals surface area (Å²) in [4.78, 5) is 11.5. The van der Waals surface area contributed by atoms with Gasteiger partial charge in [-0.15, -0.1) is 0 Å². The Kier molecular flexibility index (Phi) is 11.7. The van der Waals surface area contributed by atoms with E-state index in [9.17, 15) is 4.79 Å². The van der Waals surface area contributed by atoms with Crippen LogP contribution < -0.4 is 5.32 Å². The number of nitrogens with one attached hydrogen (secondary N) is 1. The predicted octanol–water partition coefficient (Wildman–Crippen LogP) is 0.845. The molecule has 0 aliphatic rings. The molecule has 0 aromatic heterocycles. The number of carbonyl (C=O) groups is 1. The number of methoxy groups -OCH3 is 1. The highest BCUT2D eigenvalue weighted by molar-refractivity contribution is 5.81. The molecule has 1 N–H and O–H groups in total. The SMILES string of the molecule is COCCOCCOCCOCCNC(=O)C(C)(C)C. The normalized spacial score (nSPS) is 11.6. The zero-order valence-corrected chi connectivity index (χ0v) is 13.2. The molecular formula is C14H29NO5. The van der Waals surface area contributed by atoms with E-state index in [0.29, 0.717) is 52.8 Å². The van der Waals surface area contributed by atoms with Crippen LogP contribution in [-0.4, -0.2) is 65.8 Å². The minimum atomic E-state index is -0.355. The van der Waals surface area contributed by atoms with E-state index in [0.717, 1.165) is 0 Å². The minimum absolute atomic E-state index is 0.0329. The third-order valence-corrected chi connectivity index (χ3v) is 2.39. The number of rotatable bonds is 12. The molecule has 0 aliphatic carbocycles. The number of carbonyl (C=O) groups excluding carboxylic acids is 1. The van der Waals surface area contributed by atoms with E-state index in [1.165, 1.54) is 0 Å². The van der Waals surface area contributed by atoms with Crippen LogP contribution in [0.1, 0.15) is 20.8 Å². The van der Waals surface area contributed by atoms with Crippen molar-refractivity contribution in [3.05, 3.63) is 0 Å². The van der Waals surface area contributed by atoms with Crippen molar-refractivity contribution in [3.8, 4) is 0 Å². The molecule has 0 fully saturated rings. The van der Waals surface area contributed by atoms with Crippen LogP contribution in [0, 0.1) is 5.41 Å². The summed E-state index contributed by atoms with van der Waals surface area (Å²) in [5.41, 5.74) is -0.355. The summed E-state index contributed by atoms with van der Waals surface area (Å²) in [5.74, 6) is 0.0329. The van der Waals surface area contributed by atoms with Gasteiger partial charge in [-0.2, -0.15) is 0 Å². The molecule has 0 radical (unpaired) electrons. The van der Waals surface area contributed by atoms with Gasteiger partial charge < -0.3 is 24.3 Å². The fourth-order valence-electron chi connectivity index (χ4n) is 1.19. The van der Waals surface area contributed by atoms with Crippen molar-refractivity contribution in [1.29, 1.82) is 0 Å². The molecule has 1 amide bonds. The summed E-state index contributed by atoms with van der Waals surface area (Å²) < 4.78 is 20.7. The van der Waals surface area contributed by atoms with E-state index in [2.05, 4.69) is 5.32 Å². The quantitative estimate of drug-likeness (QED) is 0.540.